The molecule has 0 fully saturated rings. The SMILES string of the molecule is COCC(C)NC(=O)CSCC(=O)O. The average Bonchev–Trinajstić information content (AvgIpc) is 2.03. The molecule has 2 N–H and O–H groups in total. The molecule has 6 heteroatoms. The van der Waals surface area contributed by atoms with Crippen molar-refractivity contribution in [3.05, 3.63) is 0 Å². The fourth-order valence-electron chi connectivity index (χ4n) is 0.839. The van der Waals surface area contributed by atoms with E-state index in [1.807, 2.05) is 6.92 Å². The summed E-state index contributed by atoms with van der Waals surface area (Å²) in [5.74, 6) is -0.958. The molecule has 1 unspecified atom stereocenters. The van der Waals surface area contributed by atoms with Crippen molar-refractivity contribution in [1.82, 2.24) is 5.32 Å². The topological polar surface area (TPSA) is 75.6 Å². The van der Waals surface area contributed by atoms with Gasteiger partial charge in [-0.25, -0.2) is 0 Å². The number of nitrogens with one attached hydrogen (secondary N) is 1. The van der Waals surface area contributed by atoms with Gasteiger partial charge < -0.3 is 15.2 Å². The van der Waals surface area contributed by atoms with Crippen LogP contribution in [0.3, 0.4) is 0 Å². The Hall–Kier alpha value is -0.750. The quantitative estimate of drug-likeness (QED) is 0.630. The number of thioether (sulfide) groups is 1. The van der Waals surface area contributed by atoms with E-state index in [9.17, 15) is 9.59 Å². The number of methoxy groups -OCH3 is 1. The van der Waals surface area contributed by atoms with Gasteiger partial charge in [-0.3, -0.25) is 9.59 Å². The molecule has 1 amide bonds. The number of hydrogen-bond acceptors (Lipinski definition) is 4. The number of carbonyl (C=O) groups excluding carboxylic acids is 1. The van der Waals surface area contributed by atoms with E-state index in [1.54, 1.807) is 7.11 Å². The van der Waals surface area contributed by atoms with Crippen LogP contribution in [-0.4, -0.2) is 48.2 Å². The van der Waals surface area contributed by atoms with E-state index in [4.69, 9.17) is 9.84 Å². The summed E-state index contributed by atoms with van der Waals surface area (Å²) in [6.45, 7) is 2.28. The third-order valence-corrected chi connectivity index (χ3v) is 2.20. The number of ether oxygens (including phenoxy) is 1. The second-order valence-electron chi connectivity index (χ2n) is 2.81. The molecule has 0 aliphatic carbocycles. The van der Waals surface area contributed by atoms with E-state index < -0.39 is 5.97 Å². The van der Waals surface area contributed by atoms with Gasteiger partial charge in [0, 0.05) is 13.2 Å². The molecule has 0 saturated carbocycles. The highest BCUT2D eigenvalue weighted by atomic mass is 32.2. The van der Waals surface area contributed by atoms with Crippen LogP contribution in [0.4, 0.5) is 0 Å². The molecule has 1 atom stereocenters. The summed E-state index contributed by atoms with van der Waals surface area (Å²) in [7, 11) is 1.56. The van der Waals surface area contributed by atoms with Crippen LogP contribution in [0.15, 0.2) is 0 Å². The van der Waals surface area contributed by atoms with Gasteiger partial charge in [0.25, 0.3) is 0 Å². The van der Waals surface area contributed by atoms with E-state index in [1.165, 1.54) is 0 Å². The Morgan fingerprint density at radius 1 is 1.50 bits per heavy atom. The molecule has 5 nitrogen and oxygen atoms in total. The first-order valence-corrected chi connectivity index (χ1v) is 5.29. The number of aliphatic carboxylic acids is 1. The number of carboxylic acid groups (broad SMARTS) is 1. The van der Waals surface area contributed by atoms with Gasteiger partial charge in [-0.1, -0.05) is 0 Å². The standard InChI is InChI=1S/C8H15NO4S/c1-6(3-13-2)9-7(10)4-14-5-8(11)12/h6H,3-5H2,1-2H3,(H,9,10)(H,11,12). The largest absolute Gasteiger partial charge is 0.481 e. The van der Waals surface area contributed by atoms with Crippen LogP contribution in [0, 0.1) is 0 Å². The molecule has 0 aliphatic heterocycles. The van der Waals surface area contributed by atoms with Gasteiger partial charge in [0.05, 0.1) is 18.1 Å². The molecular formula is C8H15NO4S. The van der Waals surface area contributed by atoms with Gasteiger partial charge in [0.1, 0.15) is 0 Å². The lowest BCUT2D eigenvalue weighted by Crippen LogP contribution is -2.36. The first-order chi connectivity index (χ1) is 6.56. The van der Waals surface area contributed by atoms with E-state index in [0.717, 1.165) is 11.8 Å². The Morgan fingerprint density at radius 2 is 2.14 bits per heavy atom. The first-order valence-electron chi connectivity index (χ1n) is 4.14. The molecule has 0 saturated heterocycles. The van der Waals surface area contributed by atoms with Gasteiger partial charge in [-0.05, 0) is 6.92 Å². The number of rotatable bonds is 7. The summed E-state index contributed by atoms with van der Waals surface area (Å²) in [6.07, 6.45) is 0. The second-order valence-corrected chi connectivity index (χ2v) is 3.80. The monoisotopic (exact) mass is 221 g/mol. The third-order valence-electron chi connectivity index (χ3n) is 1.28. The molecular weight excluding hydrogens is 206 g/mol. The predicted octanol–water partition coefficient (Wildman–Crippen LogP) is -0.0447. The number of carbonyl (C=O) groups is 2. The van der Waals surface area contributed by atoms with Crippen molar-refractivity contribution in [2.45, 2.75) is 13.0 Å². The lowest BCUT2D eigenvalue weighted by Gasteiger charge is -2.11. The minimum atomic E-state index is -0.910. The number of carboxylic acids is 1. The Labute approximate surface area is 87.2 Å². The van der Waals surface area contributed by atoms with Gasteiger partial charge >= 0.3 is 5.97 Å². The highest BCUT2D eigenvalue weighted by molar-refractivity contribution is 8.00. The van der Waals surface area contributed by atoms with Crippen LogP contribution >= 0.6 is 11.8 Å². The Morgan fingerprint density at radius 3 is 2.64 bits per heavy atom. The van der Waals surface area contributed by atoms with Crippen molar-refractivity contribution in [2.24, 2.45) is 0 Å². The van der Waals surface area contributed by atoms with Crippen LogP contribution in [0.2, 0.25) is 0 Å². The zero-order valence-corrected chi connectivity index (χ0v) is 9.10. The van der Waals surface area contributed by atoms with Crippen molar-refractivity contribution in [3.63, 3.8) is 0 Å². The maximum absolute atomic E-state index is 11.1. The fourth-order valence-corrected chi connectivity index (χ4v) is 1.38. The molecule has 0 radical (unpaired) electrons. The van der Waals surface area contributed by atoms with Crippen molar-refractivity contribution in [1.29, 1.82) is 0 Å². The Bertz CT molecular complexity index is 198. The van der Waals surface area contributed by atoms with Crippen LogP contribution in [0.1, 0.15) is 6.92 Å². The van der Waals surface area contributed by atoms with Crippen molar-refractivity contribution < 1.29 is 19.4 Å². The molecule has 0 aromatic heterocycles. The minimum Gasteiger partial charge on any atom is -0.481 e. The lowest BCUT2D eigenvalue weighted by atomic mass is 10.3. The van der Waals surface area contributed by atoms with Crippen LogP contribution in [0.25, 0.3) is 0 Å². The van der Waals surface area contributed by atoms with Crippen molar-refractivity contribution in [2.75, 3.05) is 25.2 Å². The summed E-state index contributed by atoms with van der Waals surface area (Å²) < 4.78 is 4.83. The second kappa shape index (κ2) is 7.64. The fraction of sp³-hybridized carbons (Fsp3) is 0.750. The number of hydrogen-bond donors (Lipinski definition) is 2. The molecule has 0 aliphatic rings. The summed E-state index contributed by atoms with van der Waals surface area (Å²) in [4.78, 5) is 21.3. The zero-order chi connectivity index (χ0) is 11.0. The molecule has 0 heterocycles. The molecule has 14 heavy (non-hydrogen) atoms. The van der Waals surface area contributed by atoms with Gasteiger partial charge in [0.2, 0.25) is 5.91 Å². The Kier molecular flexibility index (Phi) is 7.23. The van der Waals surface area contributed by atoms with Crippen molar-refractivity contribution in [3.8, 4) is 0 Å². The summed E-state index contributed by atoms with van der Waals surface area (Å²) in [5.41, 5.74) is 0. The third kappa shape index (κ3) is 7.88. The van der Waals surface area contributed by atoms with Crippen LogP contribution in [-0.2, 0) is 14.3 Å². The summed E-state index contributed by atoms with van der Waals surface area (Å²) >= 11 is 1.08. The van der Waals surface area contributed by atoms with Crippen LogP contribution in [0.5, 0.6) is 0 Å². The van der Waals surface area contributed by atoms with E-state index in [2.05, 4.69) is 5.32 Å². The van der Waals surface area contributed by atoms with E-state index in [0.29, 0.717) is 6.61 Å². The minimum absolute atomic E-state index is 0.0436. The van der Waals surface area contributed by atoms with Gasteiger partial charge in [-0.15, -0.1) is 11.8 Å². The first kappa shape index (κ1) is 13.2. The normalized spacial score (nSPS) is 12.1. The van der Waals surface area contributed by atoms with Crippen LogP contribution < -0.4 is 5.32 Å². The summed E-state index contributed by atoms with van der Waals surface area (Å²) in [5, 5.41) is 11.0. The molecule has 0 aromatic rings. The Balaban J connectivity index is 3.50. The van der Waals surface area contributed by atoms with Gasteiger partial charge in [0.15, 0.2) is 0 Å². The lowest BCUT2D eigenvalue weighted by molar-refractivity contribution is -0.133. The highest BCUT2D eigenvalue weighted by Crippen LogP contribution is 1.98. The highest BCUT2D eigenvalue weighted by Gasteiger charge is 2.07. The number of amides is 1. The molecule has 82 valence electrons. The molecule has 0 aromatic carbocycles. The predicted molar refractivity (Wildman–Crippen MR) is 54.4 cm³/mol. The maximum atomic E-state index is 11.1. The summed E-state index contributed by atoms with van der Waals surface area (Å²) in [6, 6.07) is -0.0436. The zero-order valence-electron chi connectivity index (χ0n) is 8.28. The van der Waals surface area contributed by atoms with Gasteiger partial charge in [-0.2, -0.15) is 0 Å². The molecule has 0 spiro atoms. The average molecular weight is 221 g/mol. The molecule has 0 bridgehead atoms. The van der Waals surface area contributed by atoms with Crippen molar-refractivity contribution >= 4 is 23.6 Å². The molecule has 0 rings (SSSR count). The van der Waals surface area contributed by atoms with E-state index in [-0.39, 0.29) is 23.5 Å². The maximum Gasteiger partial charge on any atom is 0.313 e. The smallest absolute Gasteiger partial charge is 0.313 e. The van der Waals surface area contributed by atoms with E-state index >= 15 is 0 Å².